The van der Waals surface area contributed by atoms with Gasteiger partial charge in [0.25, 0.3) is 0 Å². The maximum atomic E-state index is 8.51. The van der Waals surface area contributed by atoms with E-state index in [2.05, 4.69) is 5.16 Å². The van der Waals surface area contributed by atoms with E-state index >= 15 is 0 Å². The zero-order chi connectivity index (χ0) is 10.4. The monoisotopic (exact) mass is 200 g/mol. The van der Waals surface area contributed by atoms with Crippen molar-refractivity contribution in [2.75, 3.05) is 6.61 Å². The van der Waals surface area contributed by atoms with E-state index in [4.69, 9.17) is 15.7 Å². The summed E-state index contributed by atoms with van der Waals surface area (Å²) < 4.78 is 5.61. The van der Waals surface area contributed by atoms with E-state index in [1.54, 1.807) is 0 Å². The lowest BCUT2D eigenvalue weighted by molar-refractivity contribution is 0.0647. The SMILES string of the molecule is CCC(OCC1CCCC1)C(N)=NO. The molecule has 1 atom stereocenters. The summed E-state index contributed by atoms with van der Waals surface area (Å²) in [5.41, 5.74) is 5.49. The molecule has 0 spiro atoms. The van der Waals surface area contributed by atoms with Gasteiger partial charge in [-0.2, -0.15) is 0 Å². The summed E-state index contributed by atoms with van der Waals surface area (Å²) in [6.07, 6.45) is 5.67. The van der Waals surface area contributed by atoms with Crippen molar-refractivity contribution >= 4 is 5.84 Å². The van der Waals surface area contributed by atoms with Gasteiger partial charge in [0.1, 0.15) is 6.10 Å². The number of hydrogen-bond acceptors (Lipinski definition) is 3. The summed E-state index contributed by atoms with van der Waals surface area (Å²) in [5, 5.41) is 11.5. The molecule has 0 aliphatic heterocycles. The number of oxime groups is 1. The van der Waals surface area contributed by atoms with Crippen LogP contribution in [0, 0.1) is 5.92 Å². The Morgan fingerprint density at radius 3 is 2.71 bits per heavy atom. The molecule has 0 heterocycles. The van der Waals surface area contributed by atoms with E-state index in [1.807, 2.05) is 6.92 Å². The van der Waals surface area contributed by atoms with E-state index < -0.39 is 0 Å². The zero-order valence-electron chi connectivity index (χ0n) is 8.78. The van der Waals surface area contributed by atoms with Gasteiger partial charge in [-0.3, -0.25) is 0 Å². The molecule has 0 radical (unpaired) electrons. The third-order valence-electron chi connectivity index (χ3n) is 2.82. The van der Waals surface area contributed by atoms with E-state index in [1.165, 1.54) is 25.7 Å². The van der Waals surface area contributed by atoms with Crippen LogP contribution in [0.3, 0.4) is 0 Å². The van der Waals surface area contributed by atoms with Gasteiger partial charge in [0.2, 0.25) is 0 Å². The van der Waals surface area contributed by atoms with Crippen LogP contribution in [0.1, 0.15) is 39.0 Å². The van der Waals surface area contributed by atoms with Gasteiger partial charge in [0, 0.05) is 0 Å². The Hall–Kier alpha value is -0.770. The number of ether oxygens (including phenoxy) is 1. The van der Waals surface area contributed by atoms with E-state index in [0.29, 0.717) is 5.92 Å². The Morgan fingerprint density at radius 1 is 1.57 bits per heavy atom. The maximum Gasteiger partial charge on any atom is 0.168 e. The number of rotatable bonds is 5. The lowest BCUT2D eigenvalue weighted by Gasteiger charge is -2.17. The zero-order valence-corrected chi connectivity index (χ0v) is 8.78. The predicted octanol–water partition coefficient (Wildman–Crippen LogP) is 1.72. The van der Waals surface area contributed by atoms with Gasteiger partial charge in [-0.25, -0.2) is 0 Å². The molecule has 1 aliphatic carbocycles. The van der Waals surface area contributed by atoms with Gasteiger partial charge in [0.05, 0.1) is 6.61 Å². The van der Waals surface area contributed by atoms with Crippen LogP contribution in [0.15, 0.2) is 5.16 Å². The average molecular weight is 200 g/mol. The highest BCUT2D eigenvalue weighted by molar-refractivity contribution is 5.84. The second kappa shape index (κ2) is 5.86. The molecule has 3 N–H and O–H groups in total. The van der Waals surface area contributed by atoms with Gasteiger partial charge in [-0.1, -0.05) is 24.9 Å². The summed E-state index contributed by atoms with van der Waals surface area (Å²) in [6, 6.07) is 0. The number of hydrogen-bond donors (Lipinski definition) is 2. The summed E-state index contributed by atoms with van der Waals surface area (Å²) in [7, 11) is 0. The highest BCUT2D eigenvalue weighted by Gasteiger charge is 2.18. The normalized spacial score (nSPS) is 21.4. The lowest BCUT2D eigenvalue weighted by Crippen LogP contribution is -2.32. The summed E-state index contributed by atoms with van der Waals surface area (Å²) in [4.78, 5) is 0. The number of nitrogens with two attached hydrogens (primary N) is 1. The Kier molecular flexibility index (Phi) is 4.73. The molecule has 1 unspecified atom stereocenters. The largest absolute Gasteiger partial charge is 0.409 e. The molecule has 0 amide bonds. The predicted molar refractivity (Wildman–Crippen MR) is 55.4 cm³/mol. The van der Waals surface area contributed by atoms with Crippen LogP contribution in [-0.2, 0) is 4.74 Å². The van der Waals surface area contributed by atoms with Crippen LogP contribution < -0.4 is 5.73 Å². The minimum absolute atomic E-state index is 0.186. The molecule has 0 aromatic rings. The molecule has 0 aromatic carbocycles. The van der Waals surface area contributed by atoms with Crippen LogP contribution >= 0.6 is 0 Å². The smallest absolute Gasteiger partial charge is 0.168 e. The first-order valence-corrected chi connectivity index (χ1v) is 5.37. The third kappa shape index (κ3) is 3.18. The Bertz CT molecular complexity index is 189. The highest BCUT2D eigenvalue weighted by atomic mass is 16.5. The van der Waals surface area contributed by atoms with Crippen molar-refractivity contribution in [1.82, 2.24) is 0 Å². The molecule has 1 rings (SSSR count). The first-order chi connectivity index (χ1) is 6.77. The maximum absolute atomic E-state index is 8.51. The molecule has 1 aliphatic rings. The Labute approximate surface area is 85.1 Å². The molecular formula is C10H20N2O2. The summed E-state index contributed by atoms with van der Waals surface area (Å²) >= 11 is 0. The van der Waals surface area contributed by atoms with Crippen LogP contribution in [0.25, 0.3) is 0 Å². The summed E-state index contributed by atoms with van der Waals surface area (Å²) in [5.74, 6) is 0.862. The van der Waals surface area contributed by atoms with E-state index in [-0.39, 0.29) is 11.9 Å². The molecule has 0 bridgehead atoms. The third-order valence-corrected chi connectivity index (χ3v) is 2.82. The van der Waals surface area contributed by atoms with Crippen molar-refractivity contribution in [1.29, 1.82) is 0 Å². The minimum atomic E-state index is -0.222. The first kappa shape index (κ1) is 11.3. The summed E-state index contributed by atoms with van der Waals surface area (Å²) in [6.45, 7) is 2.71. The van der Waals surface area contributed by atoms with E-state index in [9.17, 15) is 0 Å². The molecule has 14 heavy (non-hydrogen) atoms. The topological polar surface area (TPSA) is 67.8 Å². The molecule has 0 aromatic heterocycles. The van der Waals surface area contributed by atoms with Gasteiger partial charge < -0.3 is 15.7 Å². The average Bonchev–Trinajstić information content (AvgIpc) is 2.71. The van der Waals surface area contributed by atoms with Crippen LogP contribution in [0.5, 0.6) is 0 Å². The Balaban J connectivity index is 2.26. The molecule has 1 saturated carbocycles. The van der Waals surface area contributed by atoms with Crippen molar-refractivity contribution in [2.45, 2.75) is 45.1 Å². The molecule has 82 valence electrons. The highest BCUT2D eigenvalue weighted by Crippen LogP contribution is 2.25. The fourth-order valence-electron chi connectivity index (χ4n) is 1.91. The van der Waals surface area contributed by atoms with Crippen molar-refractivity contribution in [3.05, 3.63) is 0 Å². The number of nitrogens with zero attached hydrogens (tertiary/aromatic N) is 1. The fourth-order valence-corrected chi connectivity index (χ4v) is 1.91. The second-order valence-corrected chi connectivity index (χ2v) is 3.91. The van der Waals surface area contributed by atoms with Gasteiger partial charge >= 0.3 is 0 Å². The van der Waals surface area contributed by atoms with Crippen molar-refractivity contribution in [2.24, 2.45) is 16.8 Å². The molecule has 4 nitrogen and oxygen atoms in total. The minimum Gasteiger partial charge on any atom is -0.409 e. The molecular weight excluding hydrogens is 180 g/mol. The van der Waals surface area contributed by atoms with Crippen molar-refractivity contribution in [3.8, 4) is 0 Å². The van der Waals surface area contributed by atoms with Crippen molar-refractivity contribution in [3.63, 3.8) is 0 Å². The molecule has 0 saturated heterocycles. The van der Waals surface area contributed by atoms with E-state index in [0.717, 1.165) is 13.0 Å². The molecule has 4 heteroatoms. The van der Waals surface area contributed by atoms with Crippen LogP contribution in [-0.4, -0.2) is 23.8 Å². The van der Waals surface area contributed by atoms with Crippen molar-refractivity contribution < 1.29 is 9.94 Å². The van der Waals surface area contributed by atoms with Gasteiger partial charge in [-0.05, 0) is 25.2 Å². The molecule has 1 fully saturated rings. The quantitative estimate of drug-likeness (QED) is 0.307. The first-order valence-electron chi connectivity index (χ1n) is 5.37. The second-order valence-electron chi connectivity index (χ2n) is 3.91. The lowest BCUT2D eigenvalue weighted by atomic mass is 10.1. The fraction of sp³-hybridized carbons (Fsp3) is 0.900. The van der Waals surface area contributed by atoms with Gasteiger partial charge in [0.15, 0.2) is 5.84 Å². The number of amidine groups is 1. The van der Waals surface area contributed by atoms with Crippen LogP contribution in [0.4, 0.5) is 0 Å². The van der Waals surface area contributed by atoms with Gasteiger partial charge in [-0.15, -0.1) is 0 Å². The van der Waals surface area contributed by atoms with Crippen LogP contribution in [0.2, 0.25) is 0 Å². The Morgan fingerprint density at radius 2 is 2.21 bits per heavy atom. The standard InChI is InChI=1S/C10H20N2O2/c1-2-9(10(11)12-13)14-7-8-5-3-4-6-8/h8-9,13H,2-7H2,1H3,(H2,11,12).